The van der Waals surface area contributed by atoms with Crippen LogP contribution in [0.1, 0.15) is 42.3 Å². The number of likely N-dealkylation sites (tertiary alicyclic amines) is 1. The normalized spacial score (nSPS) is 17.6. The minimum atomic E-state index is -0.0360. The Morgan fingerprint density at radius 1 is 0.929 bits per heavy atom. The van der Waals surface area contributed by atoms with Crippen molar-refractivity contribution >= 4 is 0 Å². The van der Waals surface area contributed by atoms with E-state index in [0.29, 0.717) is 0 Å². The maximum atomic E-state index is 5.62. The van der Waals surface area contributed by atoms with Gasteiger partial charge in [0.2, 0.25) is 6.79 Å². The highest BCUT2D eigenvalue weighted by molar-refractivity contribution is 5.46. The third-order valence-corrected chi connectivity index (χ3v) is 5.48. The average Bonchev–Trinajstić information content (AvgIpc) is 3.39. The van der Waals surface area contributed by atoms with Gasteiger partial charge in [-0.05, 0) is 73.1 Å². The molecule has 3 heterocycles. The Morgan fingerprint density at radius 2 is 1.71 bits per heavy atom. The molecule has 0 spiro atoms. The van der Waals surface area contributed by atoms with Gasteiger partial charge in [0.25, 0.3) is 0 Å². The first-order valence-electron chi connectivity index (χ1n) is 9.78. The number of benzene rings is 2. The number of aromatic nitrogens is 4. The van der Waals surface area contributed by atoms with Crippen molar-refractivity contribution < 1.29 is 9.47 Å². The van der Waals surface area contributed by atoms with Gasteiger partial charge in [0, 0.05) is 0 Å². The highest BCUT2D eigenvalue weighted by Crippen LogP contribution is 2.38. The summed E-state index contributed by atoms with van der Waals surface area (Å²) in [4.78, 5) is 2.47. The van der Waals surface area contributed by atoms with Crippen molar-refractivity contribution in [1.82, 2.24) is 25.1 Å². The molecule has 1 atom stereocenters. The van der Waals surface area contributed by atoms with Crippen molar-refractivity contribution in [2.45, 2.75) is 32.2 Å². The van der Waals surface area contributed by atoms with Gasteiger partial charge in [0.05, 0.1) is 11.7 Å². The first-order valence-corrected chi connectivity index (χ1v) is 9.78. The minimum Gasteiger partial charge on any atom is -0.454 e. The Kier molecular flexibility index (Phi) is 4.44. The van der Waals surface area contributed by atoms with Gasteiger partial charge in [0.15, 0.2) is 17.3 Å². The summed E-state index contributed by atoms with van der Waals surface area (Å²) in [6.45, 7) is 4.40. The summed E-state index contributed by atoms with van der Waals surface area (Å²) < 4.78 is 13.0. The van der Waals surface area contributed by atoms with Gasteiger partial charge in [-0.25, -0.2) is 0 Å². The molecule has 7 nitrogen and oxygen atoms in total. The molecule has 28 heavy (non-hydrogen) atoms. The van der Waals surface area contributed by atoms with Crippen molar-refractivity contribution in [3.05, 3.63) is 59.4 Å². The fourth-order valence-electron chi connectivity index (χ4n) is 4.02. The Morgan fingerprint density at radius 3 is 2.54 bits per heavy atom. The van der Waals surface area contributed by atoms with Gasteiger partial charge in [-0.2, -0.15) is 4.68 Å². The van der Waals surface area contributed by atoms with Crippen LogP contribution in [0.5, 0.6) is 11.5 Å². The van der Waals surface area contributed by atoms with Crippen LogP contribution in [-0.4, -0.2) is 45.0 Å². The highest BCUT2D eigenvalue weighted by Gasteiger charge is 2.30. The van der Waals surface area contributed by atoms with Crippen LogP contribution in [0.2, 0.25) is 0 Å². The molecule has 0 bridgehead atoms. The van der Waals surface area contributed by atoms with Crippen LogP contribution in [0.3, 0.4) is 0 Å². The summed E-state index contributed by atoms with van der Waals surface area (Å²) in [6, 6.07) is 14.4. The highest BCUT2D eigenvalue weighted by atomic mass is 16.7. The van der Waals surface area contributed by atoms with E-state index in [0.717, 1.165) is 41.7 Å². The molecular formula is C21H23N5O2. The van der Waals surface area contributed by atoms with Crippen LogP contribution in [0.15, 0.2) is 42.5 Å². The number of ether oxygens (including phenoxy) is 2. The zero-order chi connectivity index (χ0) is 18.9. The maximum Gasteiger partial charge on any atom is 0.231 e. The summed E-state index contributed by atoms with van der Waals surface area (Å²) in [5.74, 6) is 2.40. The quantitative estimate of drug-likeness (QED) is 0.695. The molecule has 0 radical (unpaired) electrons. The molecule has 7 heteroatoms. The molecule has 0 amide bonds. The summed E-state index contributed by atoms with van der Waals surface area (Å²) >= 11 is 0. The second-order valence-electron chi connectivity index (χ2n) is 7.40. The Balaban J connectivity index is 1.59. The second kappa shape index (κ2) is 7.24. The summed E-state index contributed by atoms with van der Waals surface area (Å²) in [7, 11) is 0. The number of fused-ring (bicyclic) bond motifs is 1. The van der Waals surface area contributed by atoms with Crippen molar-refractivity contribution in [1.29, 1.82) is 0 Å². The smallest absolute Gasteiger partial charge is 0.231 e. The van der Waals surface area contributed by atoms with Gasteiger partial charge in [-0.15, -0.1) is 5.10 Å². The lowest BCUT2D eigenvalue weighted by Gasteiger charge is -2.34. The van der Waals surface area contributed by atoms with E-state index in [9.17, 15) is 0 Å². The molecular weight excluding hydrogens is 354 g/mol. The zero-order valence-corrected chi connectivity index (χ0v) is 15.9. The van der Waals surface area contributed by atoms with Crippen LogP contribution < -0.4 is 9.47 Å². The van der Waals surface area contributed by atoms with Crippen LogP contribution in [-0.2, 0) is 0 Å². The molecule has 1 saturated heterocycles. The Labute approximate surface area is 163 Å². The summed E-state index contributed by atoms with van der Waals surface area (Å²) in [5, 5.41) is 12.8. The topological polar surface area (TPSA) is 65.3 Å². The Hall–Kier alpha value is -2.93. The van der Waals surface area contributed by atoms with E-state index in [4.69, 9.17) is 9.47 Å². The molecule has 5 rings (SSSR count). The molecule has 0 aliphatic carbocycles. The molecule has 3 aromatic rings. The van der Waals surface area contributed by atoms with Crippen LogP contribution in [0.4, 0.5) is 0 Å². The maximum absolute atomic E-state index is 5.62. The number of hydrogen-bond acceptors (Lipinski definition) is 6. The molecule has 2 aliphatic heterocycles. The lowest BCUT2D eigenvalue weighted by molar-refractivity contribution is 0.172. The summed E-state index contributed by atoms with van der Waals surface area (Å²) in [5.41, 5.74) is 3.30. The van der Waals surface area contributed by atoms with Crippen LogP contribution in [0, 0.1) is 6.92 Å². The fourth-order valence-corrected chi connectivity index (χ4v) is 4.02. The molecule has 0 unspecified atom stereocenters. The third-order valence-electron chi connectivity index (χ3n) is 5.48. The molecule has 0 saturated carbocycles. The number of rotatable bonds is 4. The van der Waals surface area contributed by atoms with E-state index < -0.39 is 0 Å². The third kappa shape index (κ3) is 3.11. The van der Waals surface area contributed by atoms with Crippen molar-refractivity contribution in [2.24, 2.45) is 0 Å². The SMILES string of the molecule is Cc1ccc(-n2nnnc2[C@H](c2ccc3c(c2)OCO3)N2CCCCC2)cc1. The predicted molar refractivity (Wildman–Crippen MR) is 104 cm³/mol. The molecule has 144 valence electrons. The molecule has 2 aromatic carbocycles. The lowest BCUT2D eigenvalue weighted by Crippen LogP contribution is -2.35. The standard InChI is InChI=1S/C21H23N5O2/c1-15-5-8-17(9-6-15)26-21(22-23-24-26)20(25-11-3-2-4-12-25)16-7-10-18-19(13-16)28-14-27-18/h5-10,13,20H,2-4,11-12,14H2,1H3/t20-/m0/s1. The van der Waals surface area contributed by atoms with Crippen LogP contribution in [0.25, 0.3) is 5.69 Å². The number of aryl methyl sites for hydroxylation is 1. The van der Waals surface area contributed by atoms with Crippen LogP contribution >= 0.6 is 0 Å². The van der Waals surface area contributed by atoms with Crippen molar-refractivity contribution in [2.75, 3.05) is 19.9 Å². The van der Waals surface area contributed by atoms with E-state index >= 15 is 0 Å². The van der Waals surface area contributed by atoms with Crippen molar-refractivity contribution in [3.8, 4) is 17.2 Å². The molecule has 1 aromatic heterocycles. The monoisotopic (exact) mass is 377 g/mol. The first kappa shape index (κ1) is 17.2. The van der Waals surface area contributed by atoms with Gasteiger partial charge in [-0.1, -0.05) is 30.2 Å². The Bertz CT molecular complexity index is 963. The number of piperidine rings is 1. The second-order valence-corrected chi connectivity index (χ2v) is 7.40. The predicted octanol–water partition coefficient (Wildman–Crippen LogP) is 3.27. The van der Waals surface area contributed by atoms with Gasteiger partial charge >= 0.3 is 0 Å². The van der Waals surface area contributed by atoms with E-state index in [2.05, 4.69) is 63.7 Å². The van der Waals surface area contributed by atoms with E-state index in [1.807, 2.05) is 10.7 Å². The first-order chi connectivity index (χ1) is 13.8. The number of nitrogens with zero attached hydrogens (tertiary/aromatic N) is 5. The van der Waals surface area contributed by atoms with E-state index in [1.165, 1.54) is 24.8 Å². The fraction of sp³-hybridized carbons (Fsp3) is 0.381. The lowest BCUT2D eigenvalue weighted by atomic mass is 10.00. The van der Waals surface area contributed by atoms with Gasteiger partial charge in [-0.3, -0.25) is 4.90 Å². The zero-order valence-electron chi connectivity index (χ0n) is 15.9. The van der Waals surface area contributed by atoms with E-state index in [1.54, 1.807) is 0 Å². The number of tetrazole rings is 1. The van der Waals surface area contributed by atoms with Gasteiger partial charge < -0.3 is 9.47 Å². The van der Waals surface area contributed by atoms with E-state index in [-0.39, 0.29) is 12.8 Å². The van der Waals surface area contributed by atoms with Crippen molar-refractivity contribution in [3.63, 3.8) is 0 Å². The van der Waals surface area contributed by atoms with Gasteiger partial charge in [0.1, 0.15) is 0 Å². The molecule has 2 aliphatic rings. The summed E-state index contributed by atoms with van der Waals surface area (Å²) in [6.07, 6.45) is 3.65. The molecule has 0 N–H and O–H groups in total. The largest absolute Gasteiger partial charge is 0.454 e. The minimum absolute atomic E-state index is 0.0360. The molecule has 1 fully saturated rings. The average molecular weight is 377 g/mol. The number of hydrogen-bond donors (Lipinski definition) is 0.